The van der Waals surface area contributed by atoms with Crippen molar-refractivity contribution in [2.75, 3.05) is 7.11 Å². The second kappa shape index (κ2) is 7.19. The number of rotatable bonds is 7. The van der Waals surface area contributed by atoms with Crippen molar-refractivity contribution in [1.29, 1.82) is 0 Å². The molecule has 25 heavy (non-hydrogen) atoms. The van der Waals surface area contributed by atoms with Crippen LogP contribution in [0.5, 0.6) is 5.75 Å². The highest BCUT2D eigenvalue weighted by molar-refractivity contribution is 5.75. The van der Waals surface area contributed by atoms with E-state index in [0.717, 1.165) is 47.4 Å². The van der Waals surface area contributed by atoms with Crippen LogP contribution in [0.1, 0.15) is 57.1 Å². The average Bonchev–Trinajstić information content (AvgIpc) is 2.60. The van der Waals surface area contributed by atoms with Crippen LogP contribution < -0.4 is 10.3 Å². The Morgan fingerprint density at radius 1 is 1.20 bits per heavy atom. The molecule has 1 heterocycles. The summed E-state index contributed by atoms with van der Waals surface area (Å²) in [5.41, 5.74) is 2.17. The molecule has 1 aromatic carbocycles. The van der Waals surface area contributed by atoms with Crippen molar-refractivity contribution < 1.29 is 4.74 Å². The number of unbranched alkanes of at least 4 members (excludes halogenated alkanes) is 2. The number of methoxy groups -OCH3 is 1. The molecule has 0 radical (unpaired) electrons. The summed E-state index contributed by atoms with van der Waals surface area (Å²) in [4.78, 5) is 19.7. The molecule has 3 fully saturated rings. The number of nitrogens with zero attached hydrogens (tertiary/aromatic N) is 1. The van der Waals surface area contributed by atoms with E-state index < -0.39 is 0 Å². The lowest BCUT2D eigenvalue weighted by Gasteiger charge is -2.47. The number of aromatic nitrogens is 2. The third-order valence-corrected chi connectivity index (χ3v) is 6.34. The summed E-state index contributed by atoms with van der Waals surface area (Å²) >= 11 is 0. The van der Waals surface area contributed by atoms with Gasteiger partial charge in [0.15, 0.2) is 0 Å². The first kappa shape index (κ1) is 16.6. The Morgan fingerprint density at radius 3 is 2.84 bits per heavy atom. The second-order valence-corrected chi connectivity index (χ2v) is 7.93. The highest BCUT2D eigenvalue weighted by atomic mass is 16.5. The lowest BCUT2D eigenvalue weighted by atomic mass is 9.59. The van der Waals surface area contributed by atoms with Crippen LogP contribution in [0.3, 0.4) is 0 Å². The summed E-state index contributed by atoms with van der Waals surface area (Å²) < 4.78 is 5.19. The molecule has 3 aliphatic carbocycles. The lowest BCUT2D eigenvalue weighted by Crippen LogP contribution is -2.36. The Labute approximate surface area is 149 Å². The fraction of sp³-hybridized carbons (Fsp3) is 0.619. The van der Waals surface area contributed by atoms with Crippen LogP contribution in [0.4, 0.5) is 0 Å². The first-order chi connectivity index (χ1) is 12.2. The standard InChI is InChI=1S/C21H28N2O2/c1-25-17-9-10-18-20(13-17)23-21(24)19(22-18)6-4-2-3-5-15-8-7-14-11-16(15)12-14/h9-10,13-16H,2-8,11-12H2,1H3,(H,23,24). The van der Waals surface area contributed by atoms with Crippen molar-refractivity contribution in [3.8, 4) is 5.75 Å². The number of fused-ring (bicyclic) bond motifs is 3. The molecule has 4 nitrogen and oxygen atoms in total. The summed E-state index contributed by atoms with van der Waals surface area (Å²) in [5.74, 6) is 3.84. The average molecular weight is 340 g/mol. The van der Waals surface area contributed by atoms with Gasteiger partial charge in [-0.25, -0.2) is 4.98 Å². The van der Waals surface area contributed by atoms with Gasteiger partial charge in [-0.3, -0.25) is 4.79 Å². The maximum atomic E-state index is 12.2. The third kappa shape index (κ3) is 3.58. The van der Waals surface area contributed by atoms with E-state index in [1.807, 2.05) is 18.2 Å². The van der Waals surface area contributed by atoms with Crippen molar-refractivity contribution in [3.63, 3.8) is 0 Å². The van der Waals surface area contributed by atoms with Crippen LogP contribution in [0.15, 0.2) is 23.0 Å². The van der Waals surface area contributed by atoms with Gasteiger partial charge in [0.05, 0.1) is 18.1 Å². The van der Waals surface area contributed by atoms with E-state index in [2.05, 4.69) is 9.97 Å². The van der Waals surface area contributed by atoms with E-state index in [9.17, 15) is 4.79 Å². The molecule has 0 saturated heterocycles. The Morgan fingerprint density at radius 2 is 2.08 bits per heavy atom. The third-order valence-electron chi connectivity index (χ3n) is 6.34. The number of H-pyrrole nitrogens is 1. The minimum absolute atomic E-state index is 0.0615. The van der Waals surface area contributed by atoms with Crippen LogP contribution in [0, 0.1) is 17.8 Å². The van der Waals surface area contributed by atoms with Crippen molar-refractivity contribution in [3.05, 3.63) is 34.2 Å². The van der Waals surface area contributed by atoms with E-state index in [-0.39, 0.29) is 5.56 Å². The topological polar surface area (TPSA) is 55.0 Å². The number of benzene rings is 1. The molecule has 2 aromatic rings. The maximum Gasteiger partial charge on any atom is 0.270 e. The van der Waals surface area contributed by atoms with Crippen molar-refractivity contribution in [2.24, 2.45) is 17.8 Å². The number of hydrogen-bond acceptors (Lipinski definition) is 3. The summed E-state index contributed by atoms with van der Waals surface area (Å²) in [6, 6.07) is 5.61. The highest BCUT2D eigenvalue weighted by Gasteiger charge is 2.39. The zero-order chi connectivity index (χ0) is 17.2. The van der Waals surface area contributed by atoms with E-state index in [0.29, 0.717) is 5.69 Å². The van der Waals surface area contributed by atoms with Crippen molar-refractivity contribution in [1.82, 2.24) is 9.97 Å². The van der Waals surface area contributed by atoms with Gasteiger partial charge >= 0.3 is 0 Å². The van der Waals surface area contributed by atoms with Gasteiger partial charge in [-0.15, -0.1) is 0 Å². The van der Waals surface area contributed by atoms with Gasteiger partial charge < -0.3 is 9.72 Å². The van der Waals surface area contributed by atoms with Gasteiger partial charge in [-0.05, 0) is 62.0 Å². The van der Waals surface area contributed by atoms with Gasteiger partial charge in [-0.1, -0.05) is 25.7 Å². The highest BCUT2D eigenvalue weighted by Crippen LogP contribution is 2.50. The maximum absolute atomic E-state index is 12.2. The minimum Gasteiger partial charge on any atom is -0.497 e. The van der Waals surface area contributed by atoms with Crippen LogP contribution in [-0.4, -0.2) is 17.1 Å². The van der Waals surface area contributed by atoms with E-state index in [1.165, 1.54) is 44.9 Å². The summed E-state index contributed by atoms with van der Waals surface area (Å²) in [6.07, 6.45) is 11.7. The van der Waals surface area contributed by atoms with Crippen molar-refractivity contribution in [2.45, 2.75) is 57.8 Å². The van der Waals surface area contributed by atoms with Crippen LogP contribution >= 0.6 is 0 Å². The quantitative estimate of drug-likeness (QED) is 0.757. The largest absolute Gasteiger partial charge is 0.497 e. The van der Waals surface area contributed by atoms with Crippen LogP contribution in [-0.2, 0) is 6.42 Å². The Bertz CT molecular complexity index is 789. The fourth-order valence-corrected chi connectivity index (χ4v) is 4.75. The summed E-state index contributed by atoms with van der Waals surface area (Å²) in [7, 11) is 1.62. The Kier molecular flexibility index (Phi) is 4.78. The molecule has 0 aliphatic heterocycles. The minimum atomic E-state index is -0.0615. The lowest BCUT2D eigenvalue weighted by molar-refractivity contribution is 0.0439. The molecule has 5 rings (SSSR count). The molecular formula is C21H28N2O2. The first-order valence-corrected chi connectivity index (χ1v) is 9.80. The van der Waals surface area contributed by atoms with Crippen LogP contribution in [0.25, 0.3) is 11.0 Å². The normalized spacial score (nSPS) is 24.9. The summed E-state index contributed by atoms with van der Waals surface area (Å²) in [5, 5.41) is 0. The molecule has 4 heteroatoms. The van der Waals surface area contributed by atoms with Gasteiger partial charge in [-0.2, -0.15) is 0 Å². The predicted molar refractivity (Wildman–Crippen MR) is 100 cm³/mol. The molecule has 2 bridgehead atoms. The molecule has 0 amide bonds. The van der Waals surface area contributed by atoms with Gasteiger partial charge in [0.2, 0.25) is 0 Å². The first-order valence-electron chi connectivity index (χ1n) is 9.80. The molecule has 1 atom stereocenters. The smallest absolute Gasteiger partial charge is 0.270 e. The molecule has 3 saturated carbocycles. The number of aryl methyl sites for hydroxylation is 1. The Hall–Kier alpha value is -1.84. The Balaban J connectivity index is 1.28. The molecule has 3 aliphatic rings. The fourth-order valence-electron chi connectivity index (χ4n) is 4.75. The predicted octanol–water partition coefficient (Wildman–Crippen LogP) is 4.47. The number of aromatic amines is 1. The number of nitrogens with one attached hydrogen (secondary N) is 1. The molecule has 1 unspecified atom stereocenters. The van der Waals surface area contributed by atoms with Gasteiger partial charge in [0.1, 0.15) is 11.4 Å². The molecule has 1 N–H and O–H groups in total. The number of ether oxygens (including phenoxy) is 1. The monoisotopic (exact) mass is 340 g/mol. The zero-order valence-electron chi connectivity index (χ0n) is 15.1. The molecular weight excluding hydrogens is 312 g/mol. The van der Waals surface area contributed by atoms with E-state index >= 15 is 0 Å². The van der Waals surface area contributed by atoms with E-state index in [1.54, 1.807) is 7.11 Å². The summed E-state index contributed by atoms with van der Waals surface area (Å²) in [6.45, 7) is 0. The van der Waals surface area contributed by atoms with Gasteiger partial charge in [0, 0.05) is 6.07 Å². The zero-order valence-corrected chi connectivity index (χ0v) is 15.1. The van der Waals surface area contributed by atoms with Crippen molar-refractivity contribution >= 4 is 11.0 Å². The van der Waals surface area contributed by atoms with Crippen LogP contribution in [0.2, 0.25) is 0 Å². The second-order valence-electron chi connectivity index (χ2n) is 7.93. The van der Waals surface area contributed by atoms with Gasteiger partial charge in [0.25, 0.3) is 5.56 Å². The van der Waals surface area contributed by atoms with E-state index in [4.69, 9.17) is 4.74 Å². The number of hydrogen-bond donors (Lipinski definition) is 1. The molecule has 1 aromatic heterocycles. The SMILES string of the molecule is COc1ccc2nc(CCCCCC3CCC4CC3C4)c(=O)[nH]c2c1. The molecule has 0 spiro atoms. The molecule has 134 valence electrons.